The van der Waals surface area contributed by atoms with E-state index < -0.39 is 0 Å². The van der Waals surface area contributed by atoms with Crippen molar-refractivity contribution in [2.45, 2.75) is 18.9 Å². The molecule has 2 aliphatic heterocycles. The van der Waals surface area contributed by atoms with Gasteiger partial charge in [-0.05, 0) is 26.0 Å². The fourth-order valence-electron chi connectivity index (χ4n) is 3.34. The summed E-state index contributed by atoms with van der Waals surface area (Å²) in [6.07, 6.45) is 3.66. The molecule has 0 atom stereocenters. The molecule has 2 fully saturated rings. The van der Waals surface area contributed by atoms with Crippen molar-refractivity contribution in [2.24, 2.45) is 0 Å². The van der Waals surface area contributed by atoms with Gasteiger partial charge in [0.1, 0.15) is 18.5 Å². The maximum absolute atomic E-state index is 8.91. The van der Waals surface area contributed by atoms with Gasteiger partial charge in [-0.15, -0.1) is 0 Å². The molecule has 1 aromatic heterocycles. The van der Waals surface area contributed by atoms with E-state index in [0.717, 1.165) is 64.5 Å². The van der Waals surface area contributed by atoms with Gasteiger partial charge in [0, 0.05) is 45.5 Å². The maximum Gasteiger partial charge on any atom is 0.147 e. The van der Waals surface area contributed by atoms with E-state index in [1.165, 1.54) is 0 Å². The second-order valence-corrected chi connectivity index (χ2v) is 7.48. The molecule has 7 heteroatoms. The molecular formula is C20H26ClN5O. The van der Waals surface area contributed by atoms with Crippen LogP contribution in [0.2, 0.25) is 5.02 Å². The third-order valence-corrected chi connectivity index (χ3v) is 5.39. The molecule has 0 spiro atoms. The molecular weight excluding hydrogens is 362 g/mol. The van der Waals surface area contributed by atoms with Gasteiger partial charge in [-0.25, -0.2) is 4.98 Å². The molecule has 3 rings (SSSR count). The van der Waals surface area contributed by atoms with Gasteiger partial charge in [-0.1, -0.05) is 23.4 Å². The molecule has 27 heavy (non-hydrogen) atoms. The Bertz CT molecular complexity index is 722. The van der Waals surface area contributed by atoms with Gasteiger partial charge in [-0.2, -0.15) is 5.26 Å². The highest BCUT2D eigenvalue weighted by molar-refractivity contribution is 6.33. The van der Waals surface area contributed by atoms with Gasteiger partial charge in [0.2, 0.25) is 0 Å². The van der Waals surface area contributed by atoms with E-state index in [1.54, 1.807) is 12.3 Å². The summed E-state index contributed by atoms with van der Waals surface area (Å²) in [4.78, 5) is 11.2. The molecule has 0 radical (unpaired) electrons. The van der Waals surface area contributed by atoms with Crippen molar-refractivity contribution in [3.63, 3.8) is 0 Å². The summed E-state index contributed by atoms with van der Waals surface area (Å²) in [6, 6.07) is 3.73. The van der Waals surface area contributed by atoms with Crippen molar-refractivity contribution in [3.8, 4) is 17.9 Å². The molecule has 2 saturated heterocycles. The molecule has 2 aliphatic rings. The number of aromatic nitrogens is 1. The smallest absolute Gasteiger partial charge is 0.147 e. The number of halogens is 1. The van der Waals surface area contributed by atoms with Crippen molar-refractivity contribution in [1.82, 2.24) is 14.8 Å². The Balaban J connectivity index is 1.37. The molecule has 144 valence electrons. The Morgan fingerprint density at radius 1 is 1.19 bits per heavy atom. The summed E-state index contributed by atoms with van der Waals surface area (Å²) in [7, 11) is 2.16. The number of piperazine rings is 1. The van der Waals surface area contributed by atoms with E-state index in [4.69, 9.17) is 21.6 Å². The van der Waals surface area contributed by atoms with Gasteiger partial charge in [-0.3, -0.25) is 4.90 Å². The first-order valence-corrected chi connectivity index (χ1v) is 9.82. The number of piperidine rings is 1. The number of likely N-dealkylation sites (N-methyl/N-ethyl adjacent to an activating group) is 1. The van der Waals surface area contributed by atoms with Crippen molar-refractivity contribution in [3.05, 3.63) is 22.8 Å². The Morgan fingerprint density at radius 2 is 1.93 bits per heavy atom. The lowest BCUT2D eigenvalue weighted by Gasteiger charge is -2.32. The number of nitrogens with zero attached hydrogens (tertiary/aromatic N) is 5. The Kier molecular flexibility index (Phi) is 7.32. The highest BCUT2D eigenvalue weighted by atomic mass is 35.5. The predicted molar refractivity (Wildman–Crippen MR) is 107 cm³/mol. The maximum atomic E-state index is 8.91. The lowest BCUT2D eigenvalue weighted by atomic mass is 10.1. The quantitative estimate of drug-likeness (QED) is 0.735. The first-order valence-electron chi connectivity index (χ1n) is 9.44. The van der Waals surface area contributed by atoms with Gasteiger partial charge >= 0.3 is 0 Å². The van der Waals surface area contributed by atoms with Crippen LogP contribution in [-0.4, -0.2) is 80.4 Å². The van der Waals surface area contributed by atoms with Gasteiger partial charge < -0.3 is 14.5 Å². The Hall–Kier alpha value is -1.83. The van der Waals surface area contributed by atoms with Crippen LogP contribution >= 0.6 is 11.6 Å². The largest absolute Gasteiger partial charge is 0.365 e. The van der Waals surface area contributed by atoms with Gasteiger partial charge in [0.15, 0.2) is 0 Å². The van der Waals surface area contributed by atoms with Crippen LogP contribution in [0.3, 0.4) is 0 Å². The summed E-state index contributed by atoms with van der Waals surface area (Å²) in [5.41, 5.74) is 0.483. The van der Waals surface area contributed by atoms with Crippen molar-refractivity contribution in [1.29, 1.82) is 5.26 Å². The van der Waals surface area contributed by atoms with E-state index in [9.17, 15) is 0 Å². The second kappa shape index (κ2) is 9.92. The monoisotopic (exact) mass is 387 g/mol. The summed E-state index contributed by atoms with van der Waals surface area (Å²) < 4.78 is 5.92. The van der Waals surface area contributed by atoms with Crippen molar-refractivity contribution in [2.75, 3.05) is 64.4 Å². The average Bonchev–Trinajstić information content (AvgIpc) is 2.69. The number of nitriles is 1. The van der Waals surface area contributed by atoms with Crippen LogP contribution in [0.1, 0.15) is 18.4 Å². The molecule has 0 saturated carbocycles. The Labute approximate surface area is 166 Å². The average molecular weight is 388 g/mol. The lowest BCUT2D eigenvalue weighted by molar-refractivity contribution is 0.0593. The van der Waals surface area contributed by atoms with Gasteiger partial charge in [0.05, 0.1) is 23.2 Å². The minimum atomic E-state index is 0.233. The summed E-state index contributed by atoms with van der Waals surface area (Å²) >= 11 is 6.26. The predicted octanol–water partition coefficient (Wildman–Crippen LogP) is 1.84. The van der Waals surface area contributed by atoms with E-state index in [1.807, 2.05) is 0 Å². The van der Waals surface area contributed by atoms with E-state index >= 15 is 0 Å². The number of rotatable bonds is 4. The van der Waals surface area contributed by atoms with Crippen LogP contribution in [0.4, 0.5) is 5.82 Å². The molecule has 6 nitrogen and oxygen atoms in total. The number of ether oxygens (including phenoxy) is 1. The number of pyridine rings is 1. The summed E-state index contributed by atoms with van der Waals surface area (Å²) in [6.45, 7) is 7.44. The molecule has 3 heterocycles. The lowest BCUT2D eigenvalue weighted by Crippen LogP contribution is -2.44. The fourth-order valence-corrected chi connectivity index (χ4v) is 3.63. The molecule has 0 aromatic carbocycles. The first-order chi connectivity index (χ1) is 13.2. The zero-order valence-corrected chi connectivity index (χ0v) is 16.6. The van der Waals surface area contributed by atoms with Gasteiger partial charge in [0.25, 0.3) is 0 Å². The van der Waals surface area contributed by atoms with Crippen LogP contribution in [-0.2, 0) is 4.74 Å². The minimum Gasteiger partial charge on any atom is -0.365 e. The second-order valence-electron chi connectivity index (χ2n) is 7.07. The number of hydrogen-bond donors (Lipinski definition) is 0. The van der Waals surface area contributed by atoms with E-state index in [2.05, 4.69) is 44.6 Å². The van der Waals surface area contributed by atoms with Crippen LogP contribution < -0.4 is 4.90 Å². The molecule has 0 N–H and O–H groups in total. The van der Waals surface area contributed by atoms with Crippen LogP contribution in [0, 0.1) is 23.2 Å². The molecule has 0 bridgehead atoms. The topological polar surface area (TPSA) is 55.6 Å². The number of anilines is 1. The summed E-state index contributed by atoms with van der Waals surface area (Å²) in [5, 5.41) is 9.44. The number of hydrogen-bond acceptors (Lipinski definition) is 6. The SMILES string of the molecule is CN1CCN(CC#CCOC2CCN(c3ncc(C#N)cc3Cl)CC2)CC1. The highest BCUT2D eigenvalue weighted by Gasteiger charge is 2.22. The van der Waals surface area contributed by atoms with Crippen LogP contribution in [0.15, 0.2) is 12.3 Å². The van der Waals surface area contributed by atoms with Crippen molar-refractivity contribution >= 4 is 17.4 Å². The van der Waals surface area contributed by atoms with E-state index in [-0.39, 0.29) is 6.10 Å². The molecule has 0 amide bonds. The van der Waals surface area contributed by atoms with Crippen LogP contribution in [0.5, 0.6) is 0 Å². The third kappa shape index (κ3) is 5.82. The molecule has 0 unspecified atom stereocenters. The molecule has 1 aromatic rings. The van der Waals surface area contributed by atoms with Crippen LogP contribution in [0.25, 0.3) is 0 Å². The minimum absolute atomic E-state index is 0.233. The Morgan fingerprint density at radius 3 is 2.59 bits per heavy atom. The highest BCUT2D eigenvalue weighted by Crippen LogP contribution is 2.27. The first kappa shape index (κ1) is 19.9. The molecule has 0 aliphatic carbocycles. The standard InChI is InChI=1S/C20H26ClN5O/c1-24-9-11-25(12-10-24)6-2-3-13-27-18-4-7-26(8-5-18)20-19(21)14-17(15-22)16-23-20/h14,16,18H,4-13H2,1H3. The zero-order valence-electron chi connectivity index (χ0n) is 15.8. The fraction of sp³-hybridized carbons (Fsp3) is 0.600. The normalized spacial score (nSPS) is 19.4. The third-order valence-electron chi connectivity index (χ3n) is 5.11. The zero-order chi connectivity index (χ0) is 19.1. The van der Waals surface area contributed by atoms with Crippen molar-refractivity contribution < 1.29 is 4.74 Å². The van der Waals surface area contributed by atoms with E-state index in [0.29, 0.717) is 17.2 Å². The summed E-state index contributed by atoms with van der Waals surface area (Å²) in [5.74, 6) is 7.13.